The van der Waals surface area contributed by atoms with E-state index in [-0.39, 0.29) is 4.90 Å². The zero-order valence-electron chi connectivity index (χ0n) is 13.1. The van der Waals surface area contributed by atoms with Crippen LogP contribution in [0.3, 0.4) is 0 Å². The summed E-state index contributed by atoms with van der Waals surface area (Å²) in [7, 11) is -3.79. The largest absolute Gasteiger partial charge is 0.268 e. The molecule has 1 heterocycles. The van der Waals surface area contributed by atoms with E-state index in [9.17, 15) is 8.42 Å². The molecule has 0 bridgehead atoms. The number of benzene rings is 3. The van der Waals surface area contributed by atoms with Crippen LogP contribution in [0.15, 0.2) is 89.8 Å². The number of hydrogen-bond acceptors (Lipinski definition) is 2. The molecule has 124 valence electrons. The van der Waals surface area contributed by atoms with E-state index in [0.29, 0.717) is 21.6 Å². The predicted octanol–water partition coefficient (Wildman–Crippen LogP) is 5.20. The smallest absolute Gasteiger partial charge is 0.232 e. The minimum absolute atomic E-state index is 0.226. The minimum atomic E-state index is -3.79. The van der Waals surface area contributed by atoms with Crippen LogP contribution in [0.1, 0.15) is 0 Å². The van der Waals surface area contributed by atoms with Crippen molar-refractivity contribution < 1.29 is 8.42 Å². The molecule has 4 aromatic rings. The second-order valence-electron chi connectivity index (χ2n) is 5.63. The van der Waals surface area contributed by atoms with Gasteiger partial charge in [-0.3, -0.25) is 0 Å². The lowest BCUT2D eigenvalue weighted by Crippen LogP contribution is -2.14. The van der Waals surface area contributed by atoms with Crippen molar-refractivity contribution in [1.82, 2.24) is 3.97 Å². The van der Waals surface area contributed by atoms with Gasteiger partial charge in [0.05, 0.1) is 21.1 Å². The molecule has 0 unspecified atom stereocenters. The normalized spacial score (nSPS) is 11.7. The monoisotopic (exact) mass is 367 g/mol. The van der Waals surface area contributed by atoms with E-state index in [2.05, 4.69) is 0 Å². The summed E-state index contributed by atoms with van der Waals surface area (Å²) in [4.78, 5) is 0.226. The van der Waals surface area contributed by atoms with Gasteiger partial charge < -0.3 is 0 Å². The lowest BCUT2D eigenvalue weighted by atomic mass is 10.1. The van der Waals surface area contributed by atoms with Gasteiger partial charge in [-0.15, -0.1) is 0 Å². The highest BCUT2D eigenvalue weighted by atomic mass is 35.5. The number of nitrogens with zero attached hydrogens (tertiary/aromatic N) is 1. The van der Waals surface area contributed by atoms with Gasteiger partial charge in [-0.1, -0.05) is 78.3 Å². The first kappa shape index (κ1) is 15.9. The Balaban J connectivity index is 2.14. The molecule has 25 heavy (non-hydrogen) atoms. The summed E-state index contributed by atoms with van der Waals surface area (Å²) >= 11 is 6.61. The van der Waals surface area contributed by atoms with Crippen LogP contribution in [0.25, 0.3) is 22.2 Å². The van der Waals surface area contributed by atoms with Crippen LogP contribution in [-0.4, -0.2) is 12.4 Å². The maximum atomic E-state index is 13.4. The van der Waals surface area contributed by atoms with E-state index in [1.807, 2.05) is 48.5 Å². The summed E-state index contributed by atoms with van der Waals surface area (Å²) < 4.78 is 28.1. The number of fused-ring (bicyclic) bond motifs is 1. The molecular formula is C20H14ClNO2S. The molecule has 1 aromatic heterocycles. The van der Waals surface area contributed by atoms with E-state index in [1.165, 1.54) is 3.97 Å². The summed E-state index contributed by atoms with van der Waals surface area (Å²) in [6.07, 6.45) is 0. The van der Waals surface area contributed by atoms with Crippen molar-refractivity contribution in [2.75, 3.05) is 0 Å². The number of halogens is 1. The summed E-state index contributed by atoms with van der Waals surface area (Å²) in [5.74, 6) is 0. The molecule has 0 N–H and O–H groups in total. The van der Waals surface area contributed by atoms with Crippen LogP contribution in [-0.2, 0) is 10.0 Å². The third-order valence-electron chi connectivity index (χ3n) is 4.10. The Bertz CT molecular complexity index is 1150. The fraction of sp³-hybridized carbons (Fsp3) is 0. The molecule has 0 fully saturated rings. The minimum Gasteiger partial charge on any atom is -0.232 e. The predicted molar refractivity (Wildman–Crippen MR) is 101 cm³/mol. The fourth-order valence-corrected chi connectivity index (χ4v) is 4.93. The Hall–Kier alpha value is -2.56. The van der Waals surface area contributed by atoms with Crippen molar-refractivity contribution in [3.05, 3.63) is 90.0 Å². The first-order chi connectivity index (χ1) is 12.1. The van der Waals surface area contributed by atoms with Gasteiger partial charge in [0, 0.05) is 10.9 Å². The van der Waals surface area contributed by atoms with Crippen molar-refractivity contribution in [1.29, 1.82) is 0 Å². The standard InChI is InChI=1S/C20H14ClNO2S/c21-19-17-13-7-8-14-18(17)22(20(19)15-9-3-1-4-10-15)25(23,24)16-11-5-2-6-12-16/h1-14H. The van der Waals surface area contributed by atoms with Gasteiger partial charge in [0.15, 0.2) is 0 Å². The number of aromatic nitrogens is 1. The average Bonchev–Trinajstić information content (AvgIpc) is 2.97. The van der Waals surface area contributed by atoms with Gasteiger partial charge in [0.2, 0.25) is 0 Å². The zero-order chi connectivity index (χ0) is 17.4. The topological polar surface area (TPSA) is 39.1 Å². The van der Waals surface area contributed by atoms with E-state index >= 15 is 0 Å². The fourth-order valence-electron chi connectivity index (χ4n) is 2.96. The molecule has 0 atom stereocenters. The Morgan fingerprint density at radius 1 is 0.720 bits per heavy atom. The lowest BCUT2D eigenvalue weighted by molar-refractivity contribution is 0.589. The summed E-state index contributed by atoms with van der Waals surface area (Å²) in [5, 5.41) is 1.14. The maximum absolute atomic E-state index is 13.4. The van der Waals surface area contributed by atoms with Crippen molar-refractivity contribution >= 4 is 32.5 Å². The van der Waals surface area contributed by atoms with Crippen molar-refractivity contribution in [3.63, 3.8) is 0 Å². The Labute approximate surface area is 151 Å². The number of para-hydroxylation sites is 1. The zero-order valence-corrected chi connectivity index (χ0v) is 14.7. The van der Waals surface area contributed by atoms with Crippen molar-refractivity contribution in [3.8, 4) is 11.3 Å². The van der Waals surface area contributed by atoms with Gasteiger partial charge in [0.25, 0.3) is 10.0 Å². The molecular weight excluding hydrogens is 354 g/mol. The Kier molecular flexibility index (Phi) is 3.86. The van der Waals surface area contributed by atoms with Gasteiger partial charge in [0.1, 0.15) is 0 Å². The highest BCUT2D eigenvalue weighted by molar-refractivity contribution is 7.90. The molecule has 0 radical (unpaired) electrons. The molecule has 0 aliphatic rings. The molecule has 0 aliphatic heterocycles. The molecule has 3 aromatic carbocycles. The molecule has 0 aliphatic carbocycles. The van der Waals surface area contributed by atoms with Crippen LogP contribution in [0.2, 0.25) is 5.02 Å². The van der Waals surface area contributed by atoms with Crippen LogP contribution in [0, 0.1) is 0 Å². The number of rotatable bonds is 3. The van der Waals surface area contributed by atoms with Gasteiger partial charge in [-0.2, -0.15) is 0 Å². The van der Waals surface area contributed by atoms with Crippen LogP contribution in [0.5, 0.6) is 0 Å². The second kappa shape index (κ2) is 6.06. The summed E-state index contributed by atoms with van der Waals surface area (Å²) in [6.45, 7) is 0. The molecule has 0 spiro atoms. The quantitative estimate of drug-likeness (QED) is 0.499. The van der Waals surface area contributed by atoms with Gasteiger partial charge in [-0.05, 0) is 18.2 Å². The molecule has 0 saturated heterocycles. The van der Waals surface area contributed by atoms with E-state index in [0.717, 1.165) is 5.56 Å². The van der Waals surface area contributed by atoms with Crippen molar-refractivity contribution in [2.45, 2.75) is 4.90 Å². The first-order valence-corrected chi connectivity index (χ1v) is 9.57. The van der Waals surface area contributed by atoms with E-state index < -0.39 is 10.0 Å². The molecule has 5 heteroatoms. The van der Waals surface area contributed by atoms with Crippen LogP contribution in [0.4, 0.5) is 0 Å². The summed E-state index contributed by atoms with van der Waals surface area (Å²) in [6, 6.07) is 25.0. The Morgan fingerprint density at radius 3 is 1.96 bits per heavy atom. The third-order valence-corrected chi connectivity index (χ3v) is 6.21. The SMILES string of the molecule is O=S(=O)(c1ccccc1)n1c(-c2ccccc2)c(Cl)c2ccccc21. The molecule has 3 nitrogen and oxygen atoms in total. The van der Waals surface area contributed by atoms with Crippen LogP contribution >= 0.6 is 11.6 Å². The Morgan fingerprint density at radius 2 is 1.28 bits per heavy atom. The third kappa shape index (κ3) is 2.54. The maximum Gasteiger partial charge on any atom is 0.268 e. The van der Waals surface area contributed by atoms with E-state index in [1.54, 1.807) is 36.4 Å². The first-order valence-electron chi connectivity index (χ1n) is 7.75. The highest BCUT2D eigenvalue weighted by Gasteiger charge is 2.26. The second-order valence-corrected chi connectivity index (χ2v) is 7.79. The average molecular weight is 368 g/mol. The van der Waals surface area contributed by atoms with Gasteiger partial charge in [-0.25, -0.2) is 12.4 Å². The molecule has 0 saturated carbocycles. The van der Waals surface area contributed by atoms with Crippen molar-refractivity contribution in [2.24, 2.45) is 0 Å². The van der Waals surface area contributed by atoms with Gasteiger partial charge >= 0.3 is 0 Å². The highest BCUT2D eigenvalue weighted by Crippen LogP contribution is 2.39. The van der Waals surface area contributed by atoms with E-state index in [4.69, 9.17) is 11.6 Å². The van der Waals surface area contributed by atoms with Crippen LogP contribution < -0.4 is 0 Å². The molecule has 4 rings (SSSR count). The summed E-state index contributed by atoms with van der Waals surface area (Å²) in [5.41, 5.74) is 1.80. The number of hydrogen-bond donors (Lipinski definition) is 0. The lowest BCUT2D eigenvalue weighted by Gasteiger charge is -2.12. The molecule has 0 amide bonds.